The summed E-state index contributed by atoms with van der Waals surface area (Å²) in [5.74, 6) is 0.273. The summed E-state index contributed by atoms with van der Waals surface area (Å²) in [6.45, 7) is 2.26. The summed E-state index contributed by atoms with van der Waals surface area (Å²) in [4.78, 5) is 0.431. The molecule has 0 N–H and O–H groups in total. The average Bonchev–Trinajstić information content (AvgIpc) is 2.63. The Morgan fingerprint density at radius 1 is 0.680 bits per heavy atom. The molecule has 0 aliphatic rings. The van der Waals surface area contributed by atoms with Crippen LogP contribution in [-0.2, 0) is 9.84 Å². The van der Waals surface area contributed by atoms with E-state index in [1.54, 1.807) is 24.3 Å². The van der Waals surface area contributed by atoms with Crippen LogP contribution in [0.5, 0.6) is 0 Å². The maximum atomic E-state index is 12.1. The minimum Gasteiger partial charge on any atom is -0.224 e. The zero-order valence-corrected chi connectivity index (χ0v) is 17.0. The van der Waals surface area contributed by atoms with Gasteiger partial charge in [0.25, 0.3) is 0 Å². The van der Waals surface area contributed by atoms with Crippen LogP contribution in [0.1, 0.15) is 96.8 Å². The molecule has 0 atom stereocenters. The second-order valence-corrected chi connectivity index (χ2v) is 9.26. The van der Waals surface area contributed by atoms with Crippen LogP contribution in [0.3, 0.4) is 0 Å². The van der Waals surface area contributed by atoms with Crippen molar-refractivity contribution in [2.24, 2.45) is 0 Å². The fraction of sp³-hybridized carbons (Fsp3) is 0.727. The van der Waals surface area contributed by atoms with Crippen molar-refractivity contribution in [2.45, 2.75) is 102 Å². The van der Waals surface area contributed by atoms with Gasteiger partial charge in [0.2, 0.25) is 0 Å². The molecule has 0 aliphatic heterocycles. The van der Waals surface area contributed by atoms with Gasteiger partial charge >= 0.3 is 0 Å². The van der Waals surface area contributed by atoms with Gasteiger partial charge < -0.3 is 0 Å². The van der Waals surface area contributed by atoms with Crippen LogP contribution >= 0.6 is 0 Å². The van der Waals surface area contributed by atoms with Crippen LogP contribution < -0.4 is 0 Å². The molecular formula is C22H37O2S. The standard InChI is InChI=1S/C22H37O2S/c1-2-3-4-5-6-7-8-9-10-11-12-13-14-18-21-25(23,24)22-19-16-15-17-20-22/h16-17,19-20H,2-14,18,21H2,1H3. The Kier molecular flexibility index (Phi) is 12.8. The maximum Gasteiger partial charge on any atom is 0.178 e. The molecule has 3 heteroatoms. The molecule has 1 radical (unpaired) electrons. The number of sulfone groups is 1. The van der Waals surface area contributed by atoms with Crippen molar-refractivity contribution < 1.29 is 8.42 Å². The third-order valence-corrected chi connectivity index (χ3v) is 6.63. The normalized spacial score (nSPS) is 11.7. The van der Waals surface area contributed by atoms with Crippen molar-refractivity contribution in [1.29, 1.82) is 0 Å². The van der Waals surface area contributed by atoms with Crippen LogP contribution in [0.2, 0.25) is 0 Å². The molecule has 0 unspecified atom stereocenters. The topological polar surface area (TPSA) is 34.1 Å². The van der Waals surface area contributed by atoms with E-state index in [1.165, 1.54) is 70.6 Å². The summed E-state index contributed by atoms with van der Waals surface area (Å²) >= 11 is 0. The second-order valence-electron chi connectivity index (χ2n) is 7.15. The Morgan fingerprint density at radius 3 is 1.52 bits per heavy atom. The summed E-state index contributed by atoms with van der Waals surface area (Å²) in [6, 6.07) is 9.47. The third kappa shape index (κ3) is 11.4. The number of hydrogen-bond donors (Lipinski definition) is 0. The van der Waals surface area contributed by atoms with E-state index in [4.69, 9.17) is 0 Å². The summed E-state index contributed by atoms with van der Waals surface area (Å²) < 4.78 is 24.3. The van der Waals surface area contributed by atoms with Crippen LogP contribution in [0.25, 0.3) is 0 Å². The minimum absolute atomic E-state index is 0.273. The SMILES string of the molecule is CCCCCCCCCCCCCCCCS(=O)(=O)c1cc[c]cc1. The first-order chi connectivity index (χ1) is 12.2. The van der Waals surface area contributed by atoms with Crippen LogP contribution in [0, 0.1) is 6.07 Å². The lowest BCUT2D eigenvalue weighted by molar-refractivity contribution is 0.537. The van der Waals surface area contributed by atoms with Gasteiger partial charge in [0.05, 0.1) is 10.6 Å². The summed E-state index contributed by atoms with van der Waals surface area (Å²) in [6.07, 6.45) is 18.0. The Labute approximate surface area is 156 Å². The van der Waals surface area contributed by atoms with E-state index in [9.17, 15) is 8.42 Å². The van der Waals surface area contributed by atoms with Crippen molar-refractivity contribution >= 4 is 9.84 Å². The third-order valence-electron chi connectivity index (χ3n) is 4.81. The van der Waals surface area contributed by atoms with Gasteiger partial charge in [-0.25, -0.2) is 8.42 Å². The highest BCUT2D eigenvalue weighted by Crippen LogP contribution is 2.15. The van der Waals surface area contributed by atoms with Gasteiger partial charge in [0.1, 0.15) is 0 Å². The number of rotatable bonds is 16. The molecule has 25 heavy (non-hydrogen) atoms. The Morgan fingerprint density at radius 2 is 1.08 bits per heavy atom. The quantitative estimate of drug-likeness (QED) is 0.304. The second kappa shape index (κ2) is 14.4. The maximum absolute atomic E-state index is 12.1. The Hall–Kier alpha value is -0.830. The van der Waals surface area contributed by atoms with Gasteiger partial charge in [-0.05, 0) is 24.6 Å². The lowest BCUT2D eigenvalue weighted by Crippen LogP contribution is -2.06. The number of benzene rings is 1. The first kappa shape index (κ1) is 22.2. The highest BCUT2D eigenvalue weighted by molar-refractivity contribution is 7.91. The van der Waals surface area contributed by atoms with Crippen molar-refractivity contribution in [3.63, 3.8) is 0 Å². The lowest BCUT2D eigenvalue weighted by Gasteiger charge is -2.05. The molecule has 0 amide bonds. The molecule has 1 aromatic rings. The number of unbranched alkanes of at least 4 members (excludes halogenated alkanes) is 13. The van der Waals surface area contributed by atoms with Gasteiger partial charge in [-0.3, -0.25) is 0 Å². The fourth-order valence-corrected chi connectivity index (χ4v) is 4.55. The van der Waals surface area contributed by atoms with Crippen molar-refractivity contribution in [2.75, 3.05) is 5.75 Å². The minimum atomic E-state index is -3.10. The molecule has 0 spiro atoms. The van der Waals surface area contributed by atoms with Gasteiger partial charge in [-0.1, -0.05) is 103 Å². The molecule has 0 aromatic heterocycles. The Balaban J connectivity index is 1.89. The first-order valence-corrected chi connectivity index (χ1v) is 12.0. The predicted octanol–water partition coefficient (Wildman–Crippen LogP) is 6.74. The van der Waals surface area contributed by atoms with Crippen molar-refractivity contribution in [1.82, 2.24) is 0 Å². The highest BCUT2D eigenvalue weighted by Gasteiger charge is 2.12. The van der Waals surface area contributed by atoms with Crippen LogP contribution in [0.4, 0.5) is 0 Å². The summed E-state index contributed by atoms with van der Waals surface area (Å²) in [7, 11) is -3.10. The molecule has 0 fully saturated rings. The molecule has 1 aromatic carbocycles. The molecule has 1 rings (SSSR count). The zero-order valence-electron chi connectivity index (χ0n) is 16.1. The molecule has 0 saturated carbocycles. The van der Waals surface area contributed by atoms with Gasteiger partial charge in [-0.15, -0.1) is 0 Å². The van der Waals surface area contributed by atoms with Crippen molar-refractivity contribution in [3.05, 3.63) is 30.3 Å². The van der Waals surface area contributed by atoms with Gasteiger partial charge in [-0.2, -0.15) is 0 Å². The van der Waals surface area contributed by atoms with E-state index >= 15 is 0 Å². The van der Waals surface area contributed by atoms with E-state index in [0.29, 0.717) is 4.90 Å². The molecule has 0 bridgehead atoms. The average molecular weight is 366 g/mol. The predicted molar refractivity (Wildman–Crippen MR) is 108 cm³/mol. The van der Waals surface area contributed by atoms with Crippen molar-refractivity contribution in [3.8, 4) is 0 Å². The van der Waals surface area contributed by atoms with Crippen LogP contribution in [-0.4, -0.2) is 14.2 Å². The van der Waals surface area contributed by atoms with Gasteiger partial charge in [0.15, 0.2) is 9.84 Å². The highest BCUT2D eigenvalue weighted by atomic mass is 32.2. The molecule has 2 nitrogen and oxygen atoms in total. The zero-order chi connectivity index (χ0) is 18.2. The summed E-state index contributed by atoms with van der Waals surface area (Å²) in [5.41, 5.74) is 0. The van der Waals surface area contributed by atoms with E-state index in [0.717, 1.165) is 19.3 Å². The number of hydrogen-bond acceptors (Lipinski definition) is 2. The fourth-order valence-electron chi connectivity index (χ4n) is 3.18. The largest absolute Gasteiger partial charge is 0.224 e. The molecule has 143 valence electrons. The van der Waals surface area contributed by atoms with E-state index in [1.807, 2.05) is 0 Å². The van der Waals surface area contributed by atoms with E-state index in [-0.39, 0.29) is 5.75 Å². The molecule has 0 aliphatic carbocycles. The summed E-state index contributed by atoms with van der Waals surface area (Å²) in [5, 5.41) is 0. The monoisotopic (exact) mass is 365 g/mol. The molecular weight excluding hydrogens is 328 g/mol. The lowest BCUT2D eigenvalue weighted by atomic mass is 10.0. The van der Waals surface area contributed by atoms with E-state index < -0.39 is 9.84 Å². The smallest absolute Gasteiger partial charge is 0.178 e. The van der Waals surface area contributed by atoms with Gasteiger partial charge in [0, 0.05) is 0 Å². The van der Waals surface area contributed by atoms with E-state index in [2.05, 4.69) is 13.0 Å². The molecule has 0 heterocycles. The molecule has 0 saturated heterocycles. The van der Waals surface area contributed by atoms with Crippen LogP contribution in [0.15, 0.2) is 29.2 Å². The first-order valence-electron chi connectivity index (χ1n) is 10.4. The Bertz CT molecular complexity index is 508.